The van der Waals surface area contributed by atoms with Crippen LogP contribution in [0.3, 0.4) is 0 Å². The van der Waals surface area contributed by atoms with Crippen LogP contribution in [0.15, 0.2) is 18.2 Å². The summed E-state index contributed by atoms with van der Waals surface area (Å²) in [6.07, 6.45) is 1.59. The van der Waals surface area contributed by atoms with E-state index in [1.807, 2.05) is 12.1 Å². The van der Waals surface area contributed by atoms with Gasteiger partial charge in [0.2, 0.25) is 0 Å². The van der Waals surface area contributed by atoms with Gasteiger partial charge in [-0.1, -0.05) is 12.1 Å². The molecule has 0 amide bonds. The number of benzene rings is 1. The first-order valence-electron chi connectivity index (χ1n) is 5.22. The predicted octanol–water partition coefficient (Wildman–Crippen LogP) is 0.265. The maximum absolute atomic E-state index is 8.67. The molecule has 0 unspecified atom stereocenters. The zero-order valence-electron chi connectivity index (χ0n) is 8.61. The van der Waals surface area contributed by atoms with Crippen molar-refractivity contribution in [3.8, 4) is 5.75 Å². The minimum absolute atomic E-state index is 0.162. The number of rotatable bonds is 4. The summed E-state index contributed by atoms with van der Waals surface area (Å²) < 4.78 is 10.9. The van der Waals surface area contributed by atoms with Crippen molar-refractivity contribution in [3.05, 3.63) is 23.8 Å². The van der Waals surface area contributed by atoms with Gasteiger partial charge in [0.05, 0.1) is 6.61 Å². The van der Waals surface area contributed by atoms with Crippen LogP contribution >= 0.6 is 0 Å². The molecule has 1 aromatic rings. The van der Waals surface area contributed by atoms with Crippen LogP contribution in [0.4, 0.5) is 0 Å². The topological polar surface area (TPSA) is 38.7 Å². The monoisotopic (exact) mass is 205 g/mol. The van der Waals surface area contributed by atoms with Gasteiger partial charge in [-0.2, -0.15) is 0 Å². The largest absolute Gasteiger partial charge is 0.494 e. The fraction of sp³-hybridized carbons (Fsp3) is 0.455. The molecule has 0 saturated heterocycles. The Hall–Kier alpha value is -0.995. The molecule has 0 bridgehead atoms. The number of fused-ring (bicyclic) bond motifs is 1. The van der Waals surface area contributed by atoms with Crippen LogP contribution in [0.5, 0.6) is 5.75 Å². The highest BCUT2D eigenvalue weighted by atomic mass is 16.5. The molecule has 1 aliphatic rings. The summed E-state index contributed by atoms with van der Waals surface area (Å²) in [6, 6.07) is 6.01. The fourth-order valence-electron chi connectivity index (χ4n) is 1.62. The van der Waals surface area contributed by atoms with Gasteiger partial charge in [0.1, 0.15) is 5.75 Å². The van der Waals surface area contributed by atoms with Crippen LogP contribution in [-0.4, -0.2) is 32.4 Å². The van der Waals surface area contributed by atoms with Gasteiger partial charge in [-0.15, -0.1) is 0 Å². The van der Waals surface area contributed by atoms with Crippen LogP contribution in [0.25, 0.3) is 0 Å². The maximum atomic E-state index is 8.67. The van der Waals surface area contributed by atoms with Crippen molar-refractivity contribution in [2.75, 3.05) is 19.8 Å². The van der Waals surface area contributed by atoms with Gasteiger partial charge in [-0.3, -0.25) is 0 Å². The van der Waals surface area contributed by atoms with Crippen molar-refractivity contribution in [2.24, 2.45) is 0 Å². The summed E-state index contributed by atoms with van der Waals surface area (Å²) in [7, 11) is 1.76. The second kappa shape index (κ2) is 5.19. The van der Waals surface area contributed by atoms with E-state index in [9.17, 15) is 0 Å². The SMILES string of the molecule is OCCCOc1cccc2c1[B]OCC2. The Balaban J connectivity index is 2.09. The van der Waals surface area contributed by atoms with Crippen molar-refractivity contribution < 1.29 is 14.5 Å². The highest BCUT2D eigenvalue weighted by molar-refractivity contribution is 6.49. The highest BCUT2D eigenvalue weighted by Crippen LogP contribution is 2.13. The first-order valence-corrected chi connectivity index (χ1v) is 5.22. The molecule has 15 heavy (non-hydrogen) atoms. The number of hydrogen-bond acceptors (Lipinski definition) is 3. The molecule has 1 aromatic carbocycles. The smallest absolute Gasteiger partial charge is 0.334 e. The van der Waals surface area contributed by atoms with E-state index in [1.165, 1.54) is 5.56 Å². The normalized spacial score (nSPS) is 14.2. The summed E-state index contributed by atoms with van der Waals surface area (Å²) in [4.78, 5) is 0. The molecule has 0 saturated carbocycles. The van der Waals surface area contributed by atoms with Crippen LogP contribution in [0.2, 0.25) is 0 Å². The van der Waals surface area contributed by atoms with Gasteiger partial charge >= 0.3 is 7.48 Å². The van der Waals surface area contributed by atoms with Gasteiger partial charge in [0, 0.05) is 19.6 Å². The molecule has 4 heteroatoms. The molecule has 1 radical (unpaired) electrons. The van der Waals surface area contributed by atoms with Gasteiger partial charge in [0.25, 0.3) is 0 Å². The molecule has 0 spiro atoms. The summed E-state index contributed by atoms with van der Waals surface area (Å²) in [5, 5.41) is 8.67. The second-order valence-electron chi connectivity index (χ2n) is 3.49. The standard InChI is InChI=1S/C11H14BO3/c13-6-2-7-14-10-4-1-3-9-5-8-15-12-11(9)10/h1,3-4,13H,2,5-8H2. The molecule has 0 aliphatic carbocycles. The van der Waals surface area contributed by atoms with Gasteiger partial charge in [-0.25, -0.2) is 0 Å². The predicted molar refractivity (Wildman–Crippen MR) is 58.7 cm³/mol. The Labute approximate surface area is 90.3 Å². The fourth-order valence-corrected chi connectivity index (χ4v) is 1.62. The minimum Gasteiger partial charge on any atom is -0.494 e. The van der Waals surface area contributed by atoms with Gasteiger partial charge < -0.3 is 14.5 Å². The Morgan fingerprint density at radius 2 is 2.40 bits per heavy atom. The van der Waals surface area contributed by atoms with E-state index in [1.54, 1.807) is 7.48 Å². The lowest BCUT2D eigenvalue weighted by atomic mass is 9.80. The molecule has 1 aliphatic heterocycles. The number of aliphatic hydroxyl groups excluding tert-OH is 1. The maximum Gasteiger partial charge on any atom is 0.334 e. The van der Waals surface area contributed by atoms with Crippen LogP contribution in [0, 0.1) is 0 Å². The molecular formula is C11H14BO3. The lowest BCUT2D eigenvalue weighted by Crippen LogP contribution is -2.30. The van der Waals surface area contributed by atoms with E-state index in [2.05, 4.69) is 6.07 Å². The molecule has 1 N–H and O–H groups in total. The molecule has 0 atom stereocenters. The summed E-state index contributed by atoms with van der Waals surface area (Å²) in [6.45, 7) is 1.45. The van der Waals surface area contributed by atoms with E-state index in [-0.39, 0.29) is 6.61 Å². The number of ether oxygens (including phenoxy) is 1. The van der Waals surface area contributed by atoms with Gasteiger partial charge in [-0.05, 0) is 23.5 Å². The first kappa shape index (κ1) is 10.5. The van der Waals surface area contributed by atoms with Crippen molar-refractivity contribution in [1.29, 1.82) is 0 Å². The van der Waals surface area contributed by atoms with Gasteiger partial charge in [0.15, 0.2) is 0 Å². The van der Waals surface area contributed by atoms with Crippen molar-refractivity contribution >= 4 is 12.9 Å². The Morgan fingerprint density at radius 1 is 1.47 bits per heavy atom. The van der Waals surface area contributed by atoms with Crippen LogP contribution in [-0.2, 0) is 11.1 Å². The average molecular weight is 205 g/mol. The Morgan fingerprint density at radius 3 is 3.27 bits per heavy atom. The molecular weight excluding hydrogens is 191 g/mol. The van der Waals surface area contributed by atoms with Crippen molar-refractivity contribution in [1.82, 2.24) is 0 Å². The Bertz CT molecular complexity index is 328. The van der Waals surface area contributed by atoms with Crippen molar-refractivity contribution in [2.45, 2.75) is 12.8 Å². The van der Waals surface area contributed by atoms with E-state index in [4.69, 9.17) is 14.5 Å². The van der Waals surface area contributed by atoms with E-state index in [0.29, 0.717) is 13.0 Å². The third kappa shape index (κ3) is 2.52. The Kier molecular flexibility index (Phi) is 3.64. The lowest BCUT2D eigenvalue weighted by Gasteiger charge is -2.18. The molecule has 2 rings (SSSR count). The third-order valence-electron chi connectivity index (χ3n) is 2.41. The second-order valence-corrected chi connectivity index (χ2v) is 3.49. The average Bonchev–Trinajstić information content (AvgIpc) is 2.30. The number of aliphatic hydroxyl groups is 1. The number of hydrogen-bond donors (Lipinski definition) is 1. The minimum atomic E-state index is 0.162. The zero-order chi connectivity index (χ0) is 10.5. The lowest BCUT2D eigenvalue weighted by molar-refractivity contribution is 0.234. The van der Waals surface area contributed by atoms with Crippen molar-refractivity contribution in [3.63, 3.8) is 0 Å². The van der Waals surface area contributed by atoms with E-state index >= 15 is 0 Å². The summed E-state index contributed by atoms with van der Waals surface area (Å²) in [5.41, 5.74) is 2.31. The first-order chi connectivity index (χ1) is 7.42. The molecule has 79 valence electrons. The highest BCUT2D eigenvalue weighted by Gasteiger charge is 2.15. The van der Waals surface area contributed by atoms with Crippen LogP contribution in [0.1, 0.15) is 12.0 Å². The quantitative estimate of drug-likeness (QED) is 0.566. The molecule has 0 aromatic heterocycles. The van der Waals surface area contributed by atoms with E-state index in [0.717, 1.165) is 24.2 Å². The summed E-state index contributed by atoms with van der Waals surface area (Å²) in [5.74, 6) is 0.848. The van der Waals surface area contributed by atoms with Crippen LogP contribution < -0.4 is 10.2 Å². The molecule has 3 nitrogen and oxygen atoms in total. The summed E-state index contributed by atoms with van der Waals surface area (Å²) >= 11 is 0. The molecule has 1 heterocycles. The molecule has 0 fully saturated rings. The third-order valence-corrected chi connectivity index (χ3v) is 2.41. The van der Waals surface area contributed by atoms with E-state index < -0.39 is 0 Å². The zero-order valence-corrected chi connectivity index (χ0v) is 8.61.